The van der Waals surface area contributed by atoms with Crippen molar-refractivity contribution in [2.24, 2.45) is 0 Å². The molecule has 0 aliphatic carbocycles. The number of hydrogen-bond donors (Lipinski definition) is 0. The number of halogens is 4. The van der Waals surface area contributed by atoms with E-state index in [1.54, 1.807) is 0 Å². The van der Waals surface area contributed by atoms with Crippen LogP contribution in [0.25, 0.3) is 38.8 Å². The first-order valence-electron chi connectivity index (χ1n) is 12.0. The van der Waals surface area contributed by atoms with Gasteiger partial charge in [-0.15, -0.1) is 4.57 Å². The highest BCUT2D eigenvalue weighted by molar-refractivity contribution is 6.50. The summed E-state index contributed by atoms with van der Waals surface area (Å²) in [7, 11) is -6.00. The van der Waals surface area contributed by atoms with Crippen molar-refractivity contribution in [2.45, 2.75) is 6.92 Å². The number of aromatic nitrogens is 1. The van der Waals surface area contributed by atoms with E-state index >= 15 is 0 Å². The molecule has 0 saturated heterocycles. The molecule has 0 fully saturated rings. The van der Waals surface area contributed by atoms with Crippen LogP contribution in [-0.2, 0) is 4.74 Å². The van der Waals surface area contributed by atoms with E-state index in [-0.39, 0.29) is 5.97 Å². The number of fused-ring (bicyclic) bond motifs is 1. The van der Waals surface area contributed by atoms with E-state index < -0.39 is 7.25 Å². The van der Waals surface area contributed by atoms with Crippen molar-refractivity contribution in [3.63, 3.8) is 0 Å². The number of pyridine rings is 1. The Morgan fingerprint density at radius 2 is 1.26 bits per heavy atom. The highest BCUT2D eigenvalue weighted by Crippen LogP contribution is 2.28. The van der Waals surface area contributed by atoms with Gasteiger partial charge in [-0.1, -0.05) is 78.9 Å². The fourth-order valence-corrected chi connectivity index (χ4v) is 4.23. The highest BCUT2D eigenvalue weighted by atomic mass is 19.5. The molecule has 38 heavy (non-hydrogen) atoms. The second-order valence-corrected chi connectivity index (χ2v) is 8.30. The van der Waals surface area contributed by atoms with Crippen molar-refractivity contribution >= 4 is 24.0 Å². The fraction of sp³-hybridized carbons (Fsp3) is 0.0667. The predicted molar refractivity (Wildman–Crippen MR) is 142 cm³/mol. The number of carbonyl (C=O) groups is 1. The molecule has 0 spiro atoms. The summed E-state index contributed by atoms with van der Waals surface area (Å²) in [6, 6.07) is 38.8. The van der Waals surface area contributed by atoms with Crippen LogP contribution in [0, 0.1) is 0 Å². The first-order chi connectivity index (χ1) is 18.3. The number of esters is 1. The van der Waals surface area contributed by atoms with Gasteiger partial charge < -0.3 is 22.0 Å². The third-order valence-electron chi connectivity index (χ3n) is 5.74. The molecule has 1 aromatic heterocycles. The predicted octanol–water partition coefficient (Wildman–Crippen LogP) is 7.93. The van der Waals surface area contributed by atoms with Gasteiger partial charge in [-0.3, -0.25) is 0 Å². The SMILES string of the molecule is CCOC(=O)c1cc(-c2ccccc2)cc(-c2ccccc2)[n+]1-c1cccc2ccccc12.F[B-](F)(F)F. The quantitative estimate of drug-likeness (QED) is 0.103. The van der Waals surface area contributed by atoms with Crippen LogP contribution < -0.4 is 4.57 Å². The Balaban J connectivity index is 0.000000617. The van der Waals surface area contributed by atoms with Crippen LogP contribution in [0.3, 0.4) is 0 Å². The zero-order valence-electron chi connectivity index (χ0n) is 20.5. The molecule has 0 aliphatic rings. The summed E-state index contributed by atoms with van der Waals surface area (Å²) in [5, 5.41) is 2.18. The van der Waals surface area contributed by atoms with E-state index in [9.17, 15) is 22.1 Å². The lowest BCUT2D eigenvalue weighted by molar-refractivity contribution is -0.585. The summed E-state index contributed by atoms with van der Waals surface area (Å²) in [5.74, 6) is -0.347. The van der Waals surface area contributed by atoms with E-state index in [0.29, 0.717) is 12.3 Å². The number of rotatable bonds is 5. The Morgan fingerprint density at radius 1 is 0.711 bits per heavy atom. The number of ether oxygens (including phenoxy) is 1. The van der Waals surface area contributed by atoms with Crippen LogP contribution in [0.1, 0.15) is 17.4 Å². The van der Waals surface area contributed by atoms with Crippen molar-refractivity contribution < 1.29 is 31.4 Å². The Labute approximate surface area is 218 Å². The Morgan fingerprint density at radius 3 is 1.89 bits per heavy atom. The van der Waals surface area contributed by atoms with Crippen LogP contribution in [0.15, 0.2) is 115 Å². The van der Waals surface area contributed by atoms with Gasteiger partial charge in [0.25, 0.3) is 5.69 Å². The van der Waals surface area contributed by atoms with Gasteiger partial charge >= 0.3 is 13.2 Å². The van der Waals surface area contributed by atoms with Gasteiger partial charge in [-0.2, -0.15) is 0 Å². The molecule has 0 saturated carbocycles. The molecule has 1 heterocycles. The largest absolute Gasteiger partial charge is 0.673 e. The minimum atomic E-state index is -6.00. The van der Waals surface area contributed by atoms with Crippen LogP contribution in [0.5, 0.6) is 0 Å². The monoisotopic (exact) mass is 517 g/mol. The van der Waals surface area contributed by atoms with Gasteiger partial charge in [0.15, 0.2) is 0 Å². The number of carbonyl (C=O) groups excluding carboxylic acids is 1. The Bertz CT molecular complexity index is 1530. The van der Waals surface area contributed by atoms with Crippen molar-refractivity contribution in [2.75, 3.05) is 6.61 Å². The van der Waals surface area contributed by atoms with E-state index in [0.717, 1.165) is 38.8 Å². The molecule has 192 valence electrons. The third kappa shape index (κ3) is 6.45. The first kappa shape index (κ1) is 26.6. The summed E-state index contributed by atoms with van der Waals surface area (Å²) in [6.45, 7) is 2.14. The topological polar surface area (TPSA) is 30.2 Å². The minimum Gasteiger partial charge on any atom is -0.458 e. The van der Waals surface area contributed by atoms with Gasteiger partial charge in [0.05, 0.1) is 12.0 Å². The summed E-state index contributed by atoms with van der Waals surface area (Å²) in [5.41, 5.74) is 5.40. The molecule has 8 heteroatoms. The molecule has 0 aliphatic heterocycles. The van der Waals surface area contributed by atoms with E-state index in [2.05, 4.69) is 54.6 Å². The zero-order chi connectivity index (χ0) is 27.1. The van der Waals surface area contributed by atoms with Crippen LogP contribution in [-0.4, -0.2) is 19.8 Å². The van der Waals surface area contributed by atoms with E-state index in [1.165, 1.54) is 0 Å². The second kappa shape index (κ2) is 11.7. The van der Waals surface area contributed by atoms with Gasteiger partial charge in [0.1, 0.15) is 0 Å². The van der Waals surface area contributed by atoms with Crippen molar-refractivity contribution in [1.82, 2.24) is 0 Å². The van der Waals surface area contributed by atoms with Gasteiger partial charge in [0, 0.05) is 23.8 Å². The second-order valence-electron chi connectivity index (χ2n) is 8.30. The third-order valence-corrected chi connectivity index (χ3v) is 5.74. The summed E-state index contributed by atoms with van der Waals surface area (Å²) >= 11 is 0. The van der Waals surface area contributed by atoms with E-state index in [4.69, 9.17) is 4.74 Å². The lowest BCUT2D eigenvalue weighted by atomic mass is 10.00. The maximum Gasteiger partial charge on any atom is 0.673 e. The van der Waals surface area contributed by atoms with Crippen LogP contribution >= 0.6 is 0 Å². The van der Waals surface area contributed by atoms with Crippen molar-refractivity contribution in [3.05, 3.63) is 121 Å². The maximum absolute atomic E-state index is 13.3. The molecule has 0 bridgehead atoms. The van der Waals surface area contributed by atoms with Crippen LogP contribution in [0.4, 0.5) is 17.3 Å². The maximum atomic E-state index is 13.3. The lowest BCUT2D eigenvalue weighted by Crippen LogP contribution is -2.41. The van der Waals surface area contributed by atoms with Gasteiger partial charge in [-0.05, 0) is 41.6 Å². The standard InChI is InChI=1S/C30H24NO2.BF4/c1-2-33-30(32)29-21-25(22-12-5-3-6-13-22)20-28(24-15-7-4-8-16-24)31(29)27-19-11-17-23-14-9-10-18-26(23)27;2-1(3,4)5/h3-21H,2H2,1H3;/q+1;-1. The zero-order valence-corrected chi connectivity index (χ0v) is 20.5. The van der Waals surface area contributed by atoms with Gasteiger partial charge in [-0.25, -0.2) is 4.79 Å². The van der Waals surface area contributed by atoms with Gasteiger partial charge in [0.2, 0.25) is 11.4 Å². The van der Waals surface area contributed by atoms with Crippen LogP contribution in [0.2, 0.25) is 0 Å². The Kier molecular flexibility index (Phi) is 8.21. The van der Waals surface area contributed by atoms with Crippen molar-refractivity contribution in [1.29, 1.82) is 0 Å². The lowest BCUT2D eigenvalue weighted by Gasteiger charge is -2.13. The summed E-state index contributed by atoms with van der Waals surface area (Å²) in [6.07, 6.45) is 0. The summed E-state index contributed by atoms with van der Waals surface area (Å²) in [4.78, 5) is 13.3. The normalized spacial score (nSPS) is 11.0. The first-order valence-corrected chi connectivity index (χ1v) is 12.0. The average molecular weight is 517 g/mol. The highest BCUT2D eigenvalue weighted by Gasteiger charge is 2.30. The van der Waals surface area contributed by atoms with E-state index in [1.807, 2.05) is 72.2 Å². The molecule has 0 N–H and O–H groups in total. The molecule has 3 nitrogen and oxygen atoms in total. The number of benzene rings is 4. The fourth-order valence-electron chi connectivity index (χ4n) is 4.23. The number of hydrogen-bond acceptors (Lipinski definition) is 2. The molecule has 4 aromatic carbocycles. The number of nitrogens with zero attached hydrogens (tertiary/aromatic N) is 1. The molecule has 0 atom stereocenters. The van der Waals surface area contributed by atoms with Crippen molar-refractivity contribution in [3.8, 4) is 28.1 Å². The molecule has 0 radical (unpaired) electrons. The summed E-state index contributed by atoms with van der Waals surface area (Å²) < 4.78 is 46.6. The molecule has 5 aromatic rings. The minimum absolute atomic E-state index is 0.310. The average Bonchev–Trinajstić information content (AvgIpc) is 2.92. The molecule has 5 rings (SSSR count). The Hall–Kier alpha value is -4.46. The molecular formula is C30H24BF4NO2. The molecule has 0 unspecified atom stereocenters. The molecule has 0 amide bonds. The molecular weight excluding hydrogens is 493 g/mol. The smallest absolute Gasteiger partial charge is 0.458 e.